The highest BCUT2D eigenvalue weighted by atomic mass is 16.1. The zero-order chi connectivity index (χ0) is 12.1. The Balaban J connectivity index is 2.20. The number of rotatable bonds is 0. The average Bonchev–Trinajstić information content (AvgIpc) is 2.89. The number of carbonyl (C=O) groups excluding carboxylic acids is 1. The van der Waals surface area contributed by atoms with E-state index in [0.29, 0.717) is 0 Å². The van der Waals surface area contributed by atoms with Crippen LogP contribution in [0.25, 0.3) is 17.7 Å². The van der Waals surface area contributed by atoms with Crippen molar-refractivity contribution in [1.82, 2.24) is 0 Å². The summed E-state index contributed by atoms with van der Waals surface area (Å²) in [6.45, 7) is 0. The highest BCUT2D eigenvalue weighted by Gasteiger charge is 2.20. The predicted molar refractivity (Wildman–Crippen MR) is 73.2 cm³/mol. The van der Waals surface area contributed by atoms with E-state index in [1.54, 1.807) is 0 Å². The molecule has 18 heavy (non-hydrogen) atoms. The molecule has 1 heteroatoms. The molecule has 0 saturated carbocycles. The van der Waals surface area contributed by atoms with E-state index in [2.05, 4.69) is 24.3 Å². The van der Waals surface area contributed by atoms with Gasteiger partial charge in [0.1, 0.15) is 0 Å². The molecule has 0 atom stereocenters. The maximum atomic E-state index is 12.1. The van der Waals surface area contributed by atoms with E-state index < -0.39 is 0 Å². The summed E-state index contributed by atoms with van der Waals surface area (Å²) in [6.07, 6.45) is 14.2. The third kappa shape index (κ3) is 1.19. The van der Waals surface area contributed by atoms with Gasteiger partial charge in [-0.1, -0.05) is 42.5 Å². The first kappa shape index (κ1) is 9.84. The van der Waals surface area contributed by atoms with Gasteiger partial charge in [-0.25, -0.2) is 0 Å². The number of Topliss-reactive ketones (excluding diaryl/α,β-unsaturated/α-hetero) is 1. The lowest BCUT2D eigenvalue weighted by Crippen LogP contribution is -2.36. The minimum atomic E-state index is 0.144. The Morgan fingerprint density at radius 2 is 2.06 bits per heavy atom. The fraction of sp³-hybridized carbons (Fsp3) is 0.118. The molecule has 1 aromatic rings. The number of carbonyl (C=O) groups is 1. The maximum absolute atomic E-state index is 12.1. The van der Waals surface area contributed by atoms with Crippen molar-refractivity contribution in [3.05, 3.63) is 63.6 Å². The van der Waals surface area contributed by atoms with Gasteiger partial charge in [0.25, 0.3) is 0 Å². The molecule has 3 aliphatic rings. The summed E-state index contributed by atoms with van der Waals surface area (Å²) in [6, 6.07) is 4.32. The van der Waals surface area contributed by atoms with Gasteiger partial charge in [-0.15, -0.1) is 0 Å². The zero-order valence-corrected chi connectivity index (χ0v) is 9.94. The third-order valence-electron chi connectivity index (χ3n) is 3.90. The number of benzene rings is 1. The smallest absolute Gasteiger partial charge is 0.187 e. The third-order valence-corrected chi connectivity index (χ3v) is 3.90. The van der Waals surface area contributed by atoms with E-state index in [1.807, 2.05) is 24.3 Å². The molecule has 0 N–H and O–H groups in total. The van der Waals surface area contributed by atoms with Crippen molar-refractivity contribution < 1.29 is 4.79 Å². The molecule has 1 nitrogen and oxygen atoms in total. The molecule has 3 aliphatic carbocycles. The molecule has 0 spiro atoms. The van der Waals surface area contributed by atoms with Crippen LogP contribution in [0, 0.1) is 0 Å². The highest BCUT2D eigenvalue weighted by molar-refractivity contribution is 6.26. The number of fused-ring (bicyclic) bond motifs is 4. The summed E-state index contributed by atoms with van der Waals surface area (Å²) in [4.78, 5) is 12.1. The molecule has 0 bridgehead atoms. The van der Waals surface area contributed by atoms with Crippen molar-refractivity contribution in [2.24, 2.45) is 0 Å². The molecule has 0 saturated heterocycles. The fourth-order valence-corrected chi connectivity index (χ4v) is 3.03. The van der Waals surface area contributed by atoms with E-state index in [0.717, 1.165) is 29.2 Å². The molecule has 0 aromatic heterocycles. The van der Waals surface area contributed by atoms with Crippen LogP contribution in [0.2, 0.25) is 0 Å². The van der Waals surface area contributed by atoms with E-state index in [9.17, 15) is 4.79 Å². The van der Waals surface area contributed by atoms with E-state index in [-0.39, 0.29) is 5.78 Å². The van der Waals surface area contributed by atoms with Crippen molar-refractivity contribution in [2.45, 2.75) is 12.8 Å². The van der Waals surface area contributed by atoms with Crippen LogP contribution in [-0.2, 0) is 11.2 Å². The summed E-state index contributed by atoms with van der Waals surface area (Å²) in [7, 11) is 0. The second kappa shape index (κ2) is 3.42. The Bertz CT molecular complexity index is 786. The lowest BCUT2D eigenvalue weighted by molar-refractivity contribution is -0.109. The summed E-state index contributed by atoms with van der Waals surface area (Å²) in [5.74, 6) is 0.144. The zero-order valence-electron chi connectivity index (χ0n) is 9.94. The van der Waals surface area contributed by atoms with Gasteiger partial charge in [0.2, 0.25) is 0 Å². The number of allylic oxidation sites excluding steroid dienone is 5. The van der Waals surface area contributed by atoms with E-state index in [1.165, 1.54) is 16.3 Å². The Kier molecular flexibility index (Phi) is 1.87. The van der Waals surface area contributed by atoms with Gasteiger partial charge in [-0.05, 0) is 46.1 Å². The SMILES string of the molecule is O=C1C=c2c3c(ccc2=C2C=CC=C12)C=CCC3. The molecule has 1 aromatic carbocycles. The van der Waals surface area contributed by atoms with Gasteiger partial charge < -0.3 is 0 Å². The van der Waals surface area contributed by atoms with Crippen LogP contribution < -0.4 is 10.4 Å². The van der Waals surface area contributed by atoms with Gasteiger partial charge in [0.15, 0.2) is 5.78 Å². The quantitative estimate of drug-likeness (QED) is 0.665. The number of ketones is 1. The van der Waals surface area contributed by atoms with Gasteiger partial charge in [0.05, 0.1) is 0 Å². The molecule has 0 unspecified atom stereocenters. The number of hydrogen-bond donors (Lipinski definition) is 0. The average molecular weight is 232 g/mol. The molecule has 0 fully saturated rings. The molecule has 86 valence electrons. The minimum absolute atomic E-state index is 0.144. The van der Waals surface area contributed by atoms with Gasteiger partial charge in [-0.3, -0.25) is 4.79 Å². The fourth-order valence-electron chi connectivity index (χ4n) is 3.03. The molecular weight excluding hydrogens is 220 g/mol. The molecule has 0 amide bonds. The van der Waals surface area contributed by atoms with Crippen LogP contribution in [0.4, 0.5) is 0 Å². The Morgan fingerprint density at radius 3 is 3.00 bits per heavy atom. The van der Waals surface area contributed by atoms with Crippen molar-refractivity contribution in [1.29, 1.82) is 0 Å². The largest absolute Gasteiger partial charge is 0.289 e. The molecule has 0 radical (unpaired) electrons. The second-order valence-electron chi connectivity index (χ2n) is 4.90. The van der Waals surface area contributed by atoms with Crippen LogP contribution in [0.3, 0.4) is 0 Å². The van der Waals surface area contributed by atoms with Crippen LogP contribution in [0.5, 0.6) is 0 Å². The summed E-state index contributed by atoms with van der Waals surface area (Å²) in [5.41, 5.74) is 4.53. The van der Waals surface area contributed by atoms with E-state index >= 15 is 0 Å². The Morgan fingerprint density at radius 1 is 1.11 bits per heavy atom. The van der Waals surface area contributed by atoms with Crippen molar-refractivity contribution >= 4 is 23.5 Å². The van der Waals surface area contributed by atoms with Crippen molar-refractivity contribution in [2.75, 3.05) is 0 Å². The maximum Gasteiger partial charge on any atom is 0.187 e. The van der Waals surface area contributed by atoms with Gasteiger partial charge >= 0.3 is 0 Å². The monoisotopic (exact) mass is 232 g/mol. The van der Waals surface area contributed by atoms with Crippen molar-refractivity contribution in [3.8, 4) is 0 Å². The first-order valence-electron chi connectivity index (χ1n) is 6.32. The first-order valence-corrected chi connectivity index (χ1v) is 6.32. The lowest BCUT2D eigenvalue weighted by atomic mass is 9.88. The topological polar surface area (TPSA) is 17.1 Å². The summed E-state index contributed by atoms with van der Waals surface area (Å²) < 4.78 is 0. The molecule has 4 rings (SSSR count). The standard InChI is InChI=1S/C17H12O/c18-17-10-16-12-5-2-1-4-11(12)8-9-14(16)13-6-3-7-15(13)17/h1,3-4,6-10H,2,5H2. The number of hydrogen-bond acceptors (Lipinski definition) is 1. The van der Waals surface area contributed by atoms with Crippen LogP contribution in [0.1, 0.15) is 17.5 Å². The normalized spacial score (nSPS) is 19.0. The molecule has 0 heterocycles. The Hall–Kier alpha value is -2.15. The predicted octanol–water partition coefficient (Wildman–Crippen LogP) is 1.66. The van der Waals surface area contributed by atoms with Crippen LogP contribution >= 0.6 is 0 Å². The van der Waals surface area contributed by atoms with E-state index in [4.69, 9.17) is 0 Å². The van der Waals surface area contributed by atoms with Gasteiger partial charge in [-0.2, -0.15) is 0 Å². The highest BCUT2D eigenvalue weighted by Crippen LogP contribution is 2.22. The second-order valence-corrected chi connectivity index (χ2v) is 4.90. The minimum Gasteiger partial charge on any atom is -0.289 e. The lowest BCUT2D eigenvalue weighted by Gasteiger charge is -2.15. The molecular formula is C17H12O. The Labute approximate surface area is 105 Å². The van der Waals surface area contributed by atoms with Gasteiger partial charge in [0, 0.05) is 5.57 Å². The summed E-state index contributed by atoms with van der Waals surface area (Å²) in [5, 5.41) is 2.35. The van der Waals surface area contributed by atoms with Crippen LogP contribution in [-0.4, -0.2) is 5.78 Å². The summed E-state index contributed by atoms with van der Waals surface area (Å²) >= 11 is 0. The molecule has 0 aliphatic heterocycles. The van der Waals surface area contributed by atoms with Crippen molar-refractivity contribution in [3.63, 3.8) is 0 Å². The first-order chi connectivity index (χ1) is 8.84. The van der Waals surface area contributed by atoms with Crippen LogP contribution in [0.15, 0.2) is 42.0 Å².